The van der Waals surface area contributed by atoms with Gasteiger partial charge in [-0.2, -0.15) is 0 Å². The average Bonchev–Trinajstić information content (AvgIpc) is 2.36. The molecule has 0 bridgehead atoms. The lowest BCUT2D eigenvalue weighted by molar-refractivity contribution is 0.347. The molecule has 0 atom stereocenters. The summed E-state index contributed by atoms with van der Waals surface area (Å²) in [6, 6.07) is 4.12. The van der Waals surface area contributed by atoms with Gasteiger partial charge >= 0.3 is 0 Å². The van der Waals surface area contributed by atoms with Crippen molar-refractivity contribution in [3.05, 3.63) is 36.0 Å². The molecule has 0 aliphatic carbocycles. The van der Waals surface area contributed by atoms with Crippen molar-refractivity contribution in [1.29, 1.82) is 0 Å². The van der Waals surface area contributed by atoms with E-state index in [0.717, 1.165) is 31.6 Å². The predicted octanol–water partition coefficient (Wildman–Crippen LogP) is 2.71. The number of aryl methyl sites for hydroxylation is 1. The van der Waals surface area contributed by atoms with E-state index in [9.17, 15) is 0 Å². The second-order valence-electron chi connectivity index (χ2n) is 3.93. The normalized spacial score (nSPS) is 10.2. The number of aromatic nitrogens is 1. The van der Waals surface area contributed by atoms with Crippen molar-refractivity contribution < 1.29 is 4.74 Å². The van der Waals surface area contributed by atoms with Gasteiger partial charge in [0.15, 0.2) is 0 Å². The Morgan fingerprint density at radius 3 is 2.88 bits per heavy atom. The van der Waals surface area contributed by atoms with E-state index in [1.54, 1.807) is 6.08 Å². The average molecular weight is 234 g/mol. The molecule has 1 N–H and O–H groups in total. The summed E-state index contributed by atoms with van der Waals surface area (Å²) < 4.78 is 5.49. The molecule has 0 saturated carbocycles. The Hall–Kier alpha value is -1.35. The highest BCUT2D eigenvalue weighted by Crippen LogP contribution is 2.13. The van der Waals surface area contributed by atoms with Crippen molar-refractivity contribution in [3.63, 3.8) is 0 Å². The minimum Gasteiger partial charge on any atom is -0.473 e. The summed E-state index contributed by atoms with van der Waals surface area (Å²) in [7, 11) is 0. The van der Waals surface area contributed by atoms with E-state index in [2.05, 4.69) is 36.8 Å². The zero-order chi connectivity index (χ0) is 12.5. The van der Waals surface area contributed by atoms with Crippen LogP contribution in [-0.4, -0.2) is 18.1 Å². The number of pyridine rings is 1. The Balaban J connectivity index is 2.70. The molecule has 1 rings (SSSR count). The van der Waals surface area contributed by atoms with Crippen molar-refractivity contribution in [2.24, 2.45) is 0 Å². The number of nitrogens with one attached hydrogen (secondary N) is 1. The molecule has 0 unspecified atom stereocenters. The number of hydrogen-bond acceptors (Lipinski definition) is 3. The molecule has 0 aromatic carbocycles. The molecule has 1 heterocycles. The largest absolute Gasteiger partial charge is 0.473 e. The molecule has 0 aliphatic rings. The van der Waals surface area contributed by atoms with Crippen LogP contribution in [0.1, 0.15) is 31.5 Å². The van der Waals surface area contributed by atoms with Crippen molar-refractivity contribution >= 4 is 0 Å². The number of ether oxygens (including phenoxy) is 1. The van der Waals surface area contributed by atoms with Gasteiger partial charge in [-0.3, -0.25) is 0 Å². The van der Waals surface area contributed by atoms with Crippen LogP contribution in [0.15, 0.2) is 24.8 Å². The fourth-order valence-electron chi connectivity index (χ4n) is 1.53. The molecule has 1 aromatic rings. The first-order valence-corrected chi connectivity index (χ1v) is 6.24. The van der Waals surface area contributed by atoms with Gasteiger partial charge in [0.2, 0.25) is 5.88 Å². The molecule has 3 nitrogen and oxygen atoms in total. The van der Waals surface area contributed by atoms with Crippen LogP contribution in [0.3, 0.4) is 0 Å². The first kappa shape index (κ1) is 13.7. The van der Waals surface area contributed by atoms with Crippen LogP contribution in [0.2, 0.25) is 0 Å². The Morgan fingerprint density at radius 2 is 2.24 bits per heavy atom. The summed E-state index contributed by atoms with van der Waals surface area (Å²) in [4.78, 5) is 4.42. The Morgan fingerprint density at radius 1 is 1.41 bits per heavy atom. The van der Waals surface area contributed by atoms with Gasteiger partial charge in [0, 0.05) is 18.3 Å². The summed E-state index contributed by atoms with van der Waals surface area (Å²) in [5.74, 6) is 0.692. The summed E-state index contributed by atoms with van der Waals surface area (Å²) in [6.07, 6.45) is 3.80. The maximum absolute atomic E-state index is 5.49. The second kappa shape index (κ2) is 7.85. The number of rotatable bonds is 8. The molecule has 94 valence electrons. The maximum Gasteiger partial charge on any atom is 0.214 e. The predicted molar refractivity (Wildman–Crippen MR) is 71.3 cm³/mol. The molecular formula is C14H22N2O. The molecule has 3 heteroatoms. The smallest absolute Gasteiger partial charge is 0.214 e. The van der Waals surface area contributed by atoms with E-state index in [0.29, 0.717) is 12.5 Å². The van der Waals surface area contributed by atoms with Gasteiger partial charge in [-0.05, 0) is 31.0 Å². The van der Waals surface area contributed by atoms with Crippen LogP contribution in [0.5, 0.6) is 5.88 Å². The van der Waals surface area contributed by atoms with Gasteiger partial charge in [0.25, 0.3) is 0 Å². The third-order valence-corrected chi connectivity index (χ3v) is 2.38. The standard InChI is InChI=1S/C14H22N2O/c1-4-7-15-11-12-9-13(6-3)16-14(10-12)17-8-5-2/h5,9-10,15H,2,4,6-8,11H2,1,3H3. The van der Waals surface area contributed by atoms with Gasteiger partial charge in [-0.25, -0.2) is 4.98 Å². The van der Waals surface area contributed by atoms with Gasteiger partial charge < -0.3 is 10.1 Å². The van der Waals surface area contributed by atoms with Crippen molar-refractivity contribution in [1.82, 2.24) is 10.3 Å². The molecule has 1 aromatic heterocycles. The van der Waals surface area contributed by atoms with E-state index in [4.69, 9.17) is 4.74 Å². The summed E-state index contributed by atoms with van der Waals surface area (Å²) in [5, 5.41) is 3.38. The minimum atomic E-state index is 0.502. The van der Waals surface area contributed by atoms with Crippen LogP contribution in [0, 0.1) is 0 Å². The highest BCUT2D eigenvalue weighted by molar-refractivity contribution is 5.25. The molecule has 0 spiro atoms. The van der Waals surface area contributed by atoms with Crippen LogP contribution >= 0.6 is 0 Å². The minimum absolute atomic E-state index is 0.502. The van der Waals surface area contributed by atoms with E-state index >= 15 is 0 Å². The fourth-order valence-corrected chi connectivity index (χ4v) is 1.53. The summed E-state index contributed by atoms with van der Waals surface area (Å²) in [5.41, 5.74) is 2.30. The molecule has 0 aliphatic heterocycles. The molecule has 17 heavy (non-hydrogen) atoms. The van der Waals surface area contributed by atoms with Gasteiger partial charge in [-0.15, -0.1) is 0 Å². The van der Waals surface area contributed by atoms with Crippen molar-refractivity contribution in [2.45, 2.75) is 33.2 Å². The lowest BCUT2D eigenvalue weighted by Gasteiger charge is -2.09. The SMILES string of the molecule is C=CCOc1cc(CNCCC)cc(CC)n1. The highest BCUT2D eigenvalue weighted by Gasteiger charge is 2.02. The maximum atomic E-state index is 5.49. The number of nitrogens with zero attached hydrogens (tertiary/aromatic N) is 1. The van der Waals surface area contributed by atoms with Gasteiger partial charge in [0.1, 0.15) is 6.61 Å². The van der Waals surface area contributed by atoms with E-state index in [1.807, 2.05) is 6.07 Å². The molecular weight excluding hydrogens is 212 g/mol. The fraction of sp³-hybridized carbons (Fsp3) is 0.500. The van der Waals surface area contributed by atoms with E-state index in [-0.39, 0.29) is 0 Å². The van der Waals surface area contributed by atoms with E-state index in [1.165, 1.54) is 5.56 Å². The number of hydrogen-bond donors (Lipinski definition) is 1. The first-order chi connectivity index (χ1) is 8.30. The zero-order valence-electron chi connectivity index (χ0n) is 10.8. The Bertz CT molecular complexity index is 350. The second-order valence-corrected chi connectivity index (χ2v) is 3.93. The zero-order valence-corrected chi connectivity index (χ0v) is 10.8. The Kier molecular flexibility index (Phi) is 6.33. The quantitative estimate of drug-likeness (QED) is 0.554. The van der Waals surface area contributed by atoms with Crippen LogP contribution in [-0.2, 0) is 13.0 Å². The van der Waals surface area contributed by atoms with Crippen LogP contribution in [0.25, 0.3) is 0 Å². The Labute approximate surface area is 104 Å². The van der Waals surface area contributed by atoms with Gasteiger partial charge in [-0.1, -0.05) is 26.5 Å². The van der Waals surface area contributed by atoms with E-state index < -0.39 is 0 Å². The van der Waals surface area contributed by atoms with Crippen LogP contribution < -0.4 is 10.1 Å². The molecule has 0 fully saturated rings. The third kappa shape index (κ3) is 5.00. The van der Waals surface area contributed by atoms with Crippen molar-refractivity contribution in [2.75, 3.05) is 13.2 Å². The summed E-state index contributed by atoms with van der Waals surface area (Å²) in [6.45, 7) is 10.3. The highest BCUT2D eigenvalue weighted by atomic mass is 16.5. The van der Waals surface area contributed by atoms with Crippen LogP contribution in [0.4, 0.5) is 0 Å². The van der Waals surface area contributed by atoms with Crippen molar-refractivity contribution in [3.8, 4) is 5.88 Å². The lowest BCUT2D eigenvalue weighted by atomic mass is 10.2. The lowest BCUT2D eigenvalue weighted by Crippen LogP contribution is -2.14. The molecule has 0 saturated heterocycles. The monoisotopic (exact) mass is 234 g/mol. The van der Waals surface area contributed by atoms with Gasteiger partial charge in [0.05, 0.1) is 0 Å². The molecule has 0 radical (unpaired) electrons. The summed E-state index contributed by atoms with van der Waals surface area (Å²) >= 11 is 0. The molecule has 0 amide bonds. The topological polar surface area (TPSA) is 34.1 Å². The third-order valence-electron chi connectivity index (χ3n) is 2.38. The first-order valence-electron chi connectivity index (χ1n) is 6.24.